The summed E-state index contributed by atoms with van der Waals surface area (Å²) < 4.78 is 15.3. The first-order valence-electron chi connectivity index (χ1n) is 10.2. The zero-order chi connectivity index (χ0) is 22.5. The number of halogens is 1. The van der Waals surface area contributed by atoms with Gasteiger partial charge in [0.25, 0.3) is 5.56 Å². The Morgan fingerprint density at radius 1 is 0.938 bits per heavy atom. The van der Waals surface area contributed by atoms with Crippen molar-refractivity contribution in [3.63, 3.8) is 0 Å². The van der Waals surface area contributed by atoms with E-state index in [-0.39, 0.29) is 13.2 Å². The smallest absolute Gasteiger partial charge is 0.333 e. The second-order valence-corrected chi connectivity index (χ2v) is 7.65. The molecule has 0 bridgehead atoms. The zero-order valence-electron chi connectivity index (χ0n) is 17.6. The molecule has 9 heteroatoms. The van der Waals surface area contributed by atoms with E-state index in [0.717, 1.165) is 5.56 Å². The lowest BCUT2D eigenvalue weighted by Crippen LogP contribution is -2.42. The fraction of sp³-hybridized carbons (Fsp3) is 0.261. The topological polar surface area (TPSA) is 80.3 Å². The lowest BCUT2D eigenvalue weighted by Gasteiger charge is -2.13. The molecule has 0 radical (unpaired) electrons. The van der Waals surface area contributed by atoms with Gasteiger partial charge in [0.15, 0.2) is 11.2 Å². The third kappa shape index (κ3) is 4.61. The van der Waals surface area contributed by atoms with Crippen LogP contribution in [0.1, 0.15) is 5.56 Å². The molecule has 0 fully saturated rings. The van der Waals surface area contributed by atoms with Crippen molar-refractivity contribution in [2.45, 2.75) is 19.6 Å². The molecule has 0 atom stereocenters. The molecular weight excluding hydrogens is 432 g/mol. The van der Waals surface area contributed by atoms with Crippen LogP contribution in [-0.2, 0) is 24.4 Å². The Morgan fingerprint density at radius 3 is 2.41 bits per heavy atom. The molecule has 0 aliphatic carbocycles. The van der Waals surface area contributed by atoms with Crippen molar-refractivity contribution in [1.82, 2.24) is 18.7 Å². The largest absolute Gasteiger partial charge is 0.492 e. The van der Waals surface area contributed by atoms with Gasteiger partial charge in [-0.25, -0.2) is 9.78 Å². The van der Waals surface area contributed by atoms with Gasteiger partial charge < -0.3 is 14.0 Å². The summed E-state index contributed by atoms with van der Waals surface area (Å²) in [6, 6.07) is 16.5. The Balaban J connectivity index is 1.72. The maximum atomic E-state index is 13.3. The number of imidazole rings is 1. The maximum Gasteiger partial charge on any atom is 0.333 e. The van der Waals surface area contributed by atoms with Crippen molar-refractivity contribution >= 4 is 22.8 Å². The van der Waals surface area contributed by atoms with E-state index in [4.69, 9.17) is 21.1 Å². The van der Waals surface area contributed by atoms with E-state index < -0.39 is 11.2 Å². The highest BCUT2D eigenvalue weighted by Crippen LogP contribution is 2.15. The predicted octanol–water partition coefficient (Wildman–Crippen LogP) is 2.79. The van der Waals surface area contributed by atoms with Gasteiger partial charge in [0.2, 0.25) is 0 Å². The quantitative estimate of drug-likeness (QED) is 0.388. The first-order chi connectivity index (χ1) is 15.6. The van der Waals surface area contributed by atoms with Gasteiger partial charge in [-0.3, -0.25) is 13.9 Å². The van der Waals surface area contributed by atoms with E-state index >= 15 is 0 Å². The number of hydrogen-bond donors (Lipinski definition) is 0. The van der Waals surface area contributed by atoms with E-state index in [1.54, 1.807) is 42.3 Å². The first kappa shape index (κ1) is 21.9. The Kier molecular flexibility index (Phi) is 6.72. The molecule has 2 heterocycles. The number of hydrogen-bond acceptors (Lipinski definition) is 5. The van der Waals surface area contributed by atoms with Crippen LogP contribution in [-0.4, -0.2) is 39.0 Å². The molecule has 0 aliphatic heterocycles. The molecule has 0 saturated heterocycles. The molecular formula is C23H23ClN4O4. The molecule has 0 amide bonds. The fourth-order valence-corrected chi connectivity index (χ4v) is 3.62. The molecule has 2 aromatic carbocycles. The predicted molar refractivity (Wildman–Crippen MR) is 123 cm³/mol. The highest BCUT2D eigenvalue weighted by Gasteiger charge is 2.18. The number of rotatable bonds is 9. The lowest BCUT2D eigenvalue weighted by atomic mass is 10.2. The van der Waals surface area contributed by atoms with Gasteiger partial charge in [-0.05, 0) is 29.8 Å². The standard InChI is InChI=1S/C23H23ClN4O4/c1-31-13-11-26-16-25-21-20(26)22(29)27(12-14-32-19-9-7-18(24)8-10-19)23(30)28(21)15-17-5-3-2-4-6-17/h2-10,16H,11-15H2,1H3. The third-order valence-corrected chi connectivity index (χ3v) is 5.35. The molecule has 32 heavy (non-hydrogen) atoms. The summed E-state index contributed by atoms with van der Waals surface area (Å²) in [5, 5.41) is 0.604. The summed E-state index contributed by atoms with van der Waals surface area (Å²) in [5.74, 6) is 0.610. The van der Waals surface area contributed by atoms with Gasteiger partial charge in [-0.2, -0.15) is 0 Å². The Morgan fingerprint density at radius 2 is 1.69 bits per heavy atom. The average molecular weight is 455 g/mol. The highest BCUT2D eigenvalue weighted by molar-refractivity contribution is 6.30. The Bertz CT molecular complexity index is 1310. The molecule has 0 saturated carbocycles. The summed E-state index contributed by atoms with van der Waals surface area (Å²) in [6.45, 7) is 1.42. The monoisotopic (exact) mass is 454 g/mol. The number of nitrogens with zero attached hydrogens (tertiary/aromatic N) is 4. The third-order valence-electron chi connectivity index (χ3n) is 5.10. The molecule has 4 aromatic rings. The second-order valence-electron chi connectivity index (χ2n) is 7.22. The molecule has 0 N–H and O–H groups in total. The molecule has 0 unspecified atom stereocenters. The average Bonchev–Trinajstić information content (AvgIpc) is 3.23. The zero-order valence-corrected chi connectivity index (χ0v) is 18.4. The number of aromatic nitrogens is 4. The van der Waals surface area contributed by atoms with Crippen LogP contribution in [0.3, 0.4) is 0 Å². The fourth-order valence-electron chi connectivity index (χ4n) is 3.49. The van der Waals surface area contributed by atoms with Crippen molar-refractivity contribution in [3.05, 3.63) is 92.3 Å². The van der Waals surface area contributed by atoms with E-state index in [0.29, 0.717) is 41.6 Å². The Labute approximate surface area is 189 Å². The summed E-state index contributed by atoms with van der Waals surface area (Å²) in [5.41, 5.74) is 0.828. The van der Waals surface area contributed by atoms with E-state index in [2.05, 4.69) is 4.98 Å². The number of methoxy groups -OCH3 is 1. The van der Waals surface area contributed by atoms with Crippen LogP contribution in [0.4, 0.5) is 0 Å². The minimum atomic E-state index is -0.428. The molecule has 8 nitrogen and oxygen atoms in total. The summed E-state index contributed by atoms with van der Waals surface area (Å²) >= 11 is 5.90. The highest BCUT2D eigenvalue weighted by atomic mass is 35.5. The maximum absolute atomic E-state index is 13.3. The molecule has 0 aliphatic rings. The van der Waals surface area contributed by atoms with Crippen molar-refractivity contribution < 1.29 is 9.47 Å². The summed E-state index contributed by atoms with van der Waals surface area (Å²) in [4.78, 5) is 30.9. The second kappa shape index (κ2) is 9.84. The van der Waals surface area contributed by atoms with Crippen LogP contribution >= 0.6 is 11.6 Å². The van der Waals surface area contributed by atoms with Crippen LogP contribution in [0.2, 0.25) is 5.02 Å². The number of fused-ring (bicyclic) bond motifs is 1. The SMILES string of the molecule is COCCn1cnc2c1c(=O)n(CCOc1ccc(Cl)cc1)c(=O)n2Cc1ccccc1. The van der Waals surface area contributed by atoms with Gasteiger partial charge in [-0.15, -0.1) is 0 Å². The van der Waals surface area contributed by atoms with Crippen LogP contribution < -0.4 is 16.0 Å². The summed E-state index contributed by atoms with van der Waals surface area (Å²) in [6.07, 6.45) is 1.57. The lowest BCUT2D eigenvalue weighted by molar-refractivity contribution is 0.188. The Hall–Kier alpha value is -3.36. The minimum absolute atomic E-state index is 0.0977. The van der Waals surface area contributed by atoms with Gasteiger partial charge >= 0.3 is 5.69 Å². The summed E-state index contributed by atoms with van der Waals surface area (Å²) in [7, 11) is 1.59. The molecule has 2 aromatic heterocycles. The van der Waals surface area contributed by atoms with E-state index in [9.17, 15) is 9.59 Å². The van der Waals surface area contributed by atoms with Gasteiger partial charge in [0, 0.05) is 18.7 Å². The van der Waals surface area contributed by atoms with E-state index in [1.165, 1.54) is 9.13 Å². The van der Waals surface area contributed by atoms with Crippen LogP contribution in [0, 0.1) is 0 Å². The van der Waals surface area contributed by atoms with Crippen molar-refractivity contribution in [3.8, 4) is 5.75 Å². The van der Waals surface area contributed by atoms with Gasteiger partial charge in [0.1, 0.15) is 12.4 Å². The number of ether oxygens (including phenoxy) is 2. The van der Waals surface area contributed by atoms with Gasteiger partial charge in [0.05, 0.1) is 26.0 Å². The normalized spacial score (nSPS) is 11.2. The molecule has 0 spiro atoms. The first-order valence-corrected chi connectivity index (χ1v) is 10.6. The van der Waals surface area contributed by atoms with Crippen LogP contribution in [0.5, 0.6) is 5.75 Å². The molecule has 166 valence electrons. The van der Waals surface area contributed by atoms with Crippen LogP contribution in [0.15, 0.2) is 70.5 Å². The van der Waals surface area contributed by atoms with E-state index in [1.807, 2.05) is 30.3 Å². The minimum Gasteiger partial charge on any atom is -0.492 e. The van der Waals surface area contributed by atoms with Gasteiger partial charge in [-0.1, -0.05) is 41.9 Å². The van der Waals surface area contributed by atoms with Crippen molar-refractivity contribution in [2.75, 3.05) is 20.3 Å². The molecule has 4 rings (SSSR count). The van der Waals surface area contributed by atoms with Crippen LogP contribution in [0.25, 0.3) is 11.2 Å². The van der Waals surface area contributed by atoms with Crippen molar-refractivity contribution in [2.24, 2.45) is 0 Å². The van der Waals surface area contributed by atoms with Crippen molar-refractivity contribution in [1.29, 1.82) is 0 Å². The number of benzene rings is 2.